The molecule has 0 amide bonds. The number of likely N-dealkylation sites (tertiary alicyclic amines) is 1. The summed E-state index contributed by atoms with van der Waals surface area (Å²) in [7, 11) is 0. The van der Waals surface area contributed by atoms with Crippen LogP contribution in [0.2, 0.25) is 5.02 Å². The molecule has 0 aliphatic carbocycles. The second-order valence-corrected chi connectivity index (χ2v) is 11.5. The van der Waals surface area contributed by atoms with E-state index in [1.54, 1.807) is 6.20 Å². The summed E-state index contributed by atoms with van der Waals surface area (Å²) in [6, 6.07) is 17.7. The van der Waals surface area contributed by atoms with Crippen LogP contribution in [0.25, 0.3) is 5.57 Å². The van der Waals surface area contributed by atoms with Gasteiger partial charge in [-0.15, -0.1) is 0 Å². The van der Waals surface area contributed by atoms with Crippen molar-refractivity contribution in [2.75, 3.05) is 59.1 Å². The van der Waals surface area contributed by atoms with Crippen molar-refractivity contribution < 1.29 is 19.3 Å². The summed E-state index contributed by atoms with van der Waals surface area (Å²) in [5.74, 6) is 2.30. The maximum Gasteiger partial charge on any atom is 0.226 e. The van der Waals surface area contributed by atoms with Crippen LogP contribution in [-0.2, 0) is 16.8 Å². The van der Waals surface area contributed by atoms with Crippen molar-refractivity contribution in [2.24, 2.45) is 0 Å². The fourth-order valence-electron chi connectivity index (χ4n) is 5.97. The summed E-state index contributed by atoms with van der Waals surface area (Å²) in [4.78, 5) is 9.38. The molecule has 2 aromatic carbocycles. The van der Waals surface area contributed by atoms with E-state index in [-0.39, 0.29) is 0 Å². The molecule has 1 aromatic heterocycles. The molecule has 7 nitrogen and oxygen atoms in total. The highest BCUT2D eigenvalue weighted by atomic mass is 35.5. The van der Waals surface area contributed by atoms with Crippen molar-refractivity contribution in [3.8, 4) is 17.4 Å². The molecule has 3 aromatic rings. The lowest BCUT2D eigenvalue weighted by atomic mass is 9.84. The van der Waals surface area contributed by atoms with Gasteiger partial charge in [-0.25, -0.2) is 4.98 Å². The van der Waals surface area contributed by atoms with Crippen LogP contribution < -0.4 is 9.47 Å². The number of aromatic nitrogens is 1. The summed E-state index contributed by atoms with van der Waals surface area (Å²) in [5.41, 5.74) is 3.45. The van der Waals surface area contributed by atoms with Gasteiger partial charge in [0, 0.05) is 68.0 Å². The molecular formula is C33H38ClN3O4. The average Bonchev–Trinajstić information content (AvgIpc) is 3.16. The zero-order chi connectivity index (χ0) is 28.1. The van der Waals surface area contributed by atoms with Gasteiger partial charge in [0.1, 0.15) is 18.1 Å². The van der Waals surface area contributed by atoms with Gasteiger partial charge in [0.05, 0.1) is 18.8 Å². The minimum Gasteiger partial charge on any atom is -0.492 e. The average molecular weight is 576 g/mol. The van der Waals surface area contributed by atoms with Crippen LogP contribution in [-0.4, -0.2) is 79.0 Å². The fraction of sp³-hybridized carbons (Fsp3) is 0.424. The Kier molecular flexibility index (Phi) is 8.89. The quantitative estimate of drug-likeness (QED) is 0.378. The lowest BCUT2D eigenvalue weighted by Gasteiger charge is -2.38. The molecule has 2 saturated heterocycles. The number of aliphatic hydroxyl groups is 1. The summed E-state index contributed by atoms with van der Waals surface area (Å²) < 4.78 is 18.1. The minimum absolute atomic E-state index is 0.623. The summed E-state index contributed by atoms with van der Waals surface area (Å²) >= 11 is 6.05. The van der Waals surface area contributed by atoms with Gasteiger partial charge in [-0.05, 0) is 66.8 Å². The second-order valence-electron chi connectivity index (χ2n) is 11.1. The van der Waals surface area contributed by atoms with E-state index in [0.29, 0.717) is 30.4 Å². The van der Waals surface area contributed by atoms with Crippen LogP contribution in [0.15, 0.2) is 66.9 Å². The van der Waals surface area contributed by atoms with E-state index in [2.05, 4.69) is 26.9 Å². The number of halogens is 1. The summed E-state index contributed by atoms with van der Waals surface area (Å²) in [6.45, 7) is 7.61. The lowest BCUT2D eigenvalue weighted by molar-refractivity contribution is -0.0254. The highest BCUT2D eigenvalue weighted by molar-refractivity contribution is 6.30. The normalized spacial score (nSPS) is 20.1. The maximum absolute atomic E-state index is 11.3. The molecule has 0 unspecified atom stereocenters. The molecule has 0 saturated carbocycles. The molecule has 0 atom stereocenters. The van der Waals surface area contributed by atoms with Gasteiger partial charge in [0.2, 0.25) is 5.88 Å². The Labute approximate surface area is 247 Å². The Morgan fingerprint density at radius 3 is 2.54 bits per heavy atom. The molecule has 2 fully saturated rings. The molecule has 4 heterocycles. The molecule has 0 spiro atoms. The number of allylic oxidation sites excluding steroid dienone is 1. The Balaban J connectivity index is 1.12. The van der Waals surface area contributed by atoms with Crippen LogP contribution >= 0.6 is 11.6 Å². The Morgan fingerprint density at radius 2 is 1.73 bits per heavy atom. The molecule has 1 N–H and O–H groups in total. The van der Waals surface area contributed by atoms with Crippen molar-refractivity contribution in [3.63, 3.8) is 0 Å². The number of benzene rings is 2. The molecule has 6 rings (SSSR count). The number of rotatable bonds is 8. The predicted molar refractivity (Wildman–Crippen MR) is 161 cm³/mol. The molecule has 0 bridgehead atoms. The van der Waals surface area contributed by atoms with Gasteiger partial charge < -0.3 is 24.2 Å². The number of ether oxygens (including phenoxy) is 3. The number of hydrogen-bond acceptors (Lipinski definition) is 7. The third kappa shape index (κ3) is 6.76. The van der Waals surface area contributed by atoms with Crippen molar-refractivity contribution in [1.29, 1.82) is 0 Å². The fourth-order valence-corrected chi connectivity index (χ4v) is 6.09. The van der Waals surface area contributed by atoms with E-state index in [1.165, 1.54) is 5.57 Å². The second kappa shape index (κ2) is 12.9. The van der Waals surface area contributed by atoms with Gasteiger partial charge in [-0.1, -0.05) is 35.9 Å². The lowest BCUT2D eigenvalue weighted by Crippen LogP contribution is -2.42. The van der Waals surface area contributed by atoms with E-state index in [9.17, 15) is 5.11 Å². The van der Waals surface area contributed by atoms with Crippen LogP contribution in [0, 0.1) is 0 Å². The Bertz CT molecular complexity index is 1350. The first-order chi connectivity index (χ1) is 20.1. The largest absolute Gasteiger partial charge is 0.492 e. The van der Waals surface area contributed by atoms with Gasteiger partial charge in [0.15, 0.2) is 0 Å². The van der Waals surface area contributed by atoms with Gasteiger partial charge in [-0.3, -0.25) is 4.90 Å². The van der Waals surface area contributed by atoms with Crippen LogP contribution in [0.3, 0.4) is 0 Å². The highest BCUT2D eigenvalue weighted by Crippen LogP contribution is 2.41. The van der Waals surface area contributed by atoms with Gasteiger partial charge >= 0.3 is 0 Å². The zero-order valence-corrected chi connectivity index (χ0v) is 24.2. The minimum atomic E-state index is -0.787. The third-order valence-electron chi connectivity index (χ3n) is 8.45. The first-order valence-corrected chi connectivity index (χ1v) is 15.0. The molecule has 41 heavy (non-hydrogen) atoms. The van der Waals surface area contributed by atoms with E-state index in [4.69, 9.17) is 25.8 Å². The summed E-state index contributed by atoms with van der Waals surface area (Å²) in [6.07, 6.45) is 7.15. The molecular weight excluding hydrogens is 538 g/mol. The van der Waals surface area contributed by atoms with Gasteiger partial charge in [0.25, 0.3) is 0 Å². The monoisotopic (exact) mass is 575 g/mol. The van der Waals surface area contributed by atoms with Crippen molar-refractivity contribution in [2.45, 2.75) is 31.3 Å². The van der Waals surface area contributed by atoms with Crippen molar-refractivity contribution in [1.82, 2.24) is 14.8 Å². The Hall–Kier alpha value is -2.94. The summed E-state index contributed by atoms with van der Waals surface area (Å²) in [5, 5.41) is 11.9. The number of morpholine rings is 1. The molecule has 0 radical (unpaired) electrons. The molecule has 8 heteroatoms. The number of pyridine rings is 1. The predicted octanol–water partition coefficient (Wildman–Crippen LogP) is 5.55. The number of fused-ring (bicyclic) bond motifs is 2. The third-order valence-corrected chi connectivity index (χ3v) is 8.70. The van der Waals surface area contributed by atoms with E-state index < -0.39 is 5.60 Å². The number of piperidine rings is 1. The van der Waals surface area contributed by atoms with Gasteiger partial charge in [-0.2, -0.15) is 0 Å². The smallest absolute Gasteiger partial charge is 0.226 e. The molecule has 3 aliphatic heterocycles. The Morgan fingerprint density at radius 1 is 0.951 bits per heavy atom. The van der Waals surface area contributed by atoms with Crippen molar-refractivity contribution >= 4 is 17.2 Å². The SMILES string of the molecule is OC1(c2ccc(Cl)cc2)CCN(CCC=C2Cc3c(OCCN4CCOCC4)cccc3Oc3ncccc32)CC1. The first kappa shape index (κ1) is 28.2. The maximum atomic E-state index is 11.3. The first-order valence-electron chi connectivity index (χ1n) is 14.7. The van der Waals surface area contributed by atoms with E-state index in [1.807, 2.05) is 48.5 Å². The van der Waals surface area contributed by atoms with E-state index >= 15 is 0 Å². The topological polar surface area (TPSA) is 67.3 Å². The number of nitrogens with zero attached hydrogens (tertiary/aromatic N) is 3. The highest BCUT2D eigenvalue weighted by Gasteiger charge is 2.33. The molecule has 216 valence electrons. The molecule has 3 aliphatic rings. The van der Waals surface area contributed by atoms with Crippen LogP contribution in [0.4, 0.5) is 0 Å². The van der Waals surface area contributed by atoms with E-state index in [0.717, 1.165) is 93.5 Å². The number of hydrogen-bond donors (Lipinski definition) is 1. The zero-order valence-electron chi connectivity index (χ0n) is 23.4. The van der Waals surface area contributed by atoms with Crippen LogP contribution in [0.5, 0.6) is 17.4 Å². The standard InChI is InChI=1S/C33H38ClN3O4/c34-27-10-8-26(9-11-27)33(38)12-16-36(17-13-33)15-3-4-25-24-29-30(40-23-20-37-18-21-39-22-19-37)6-1-7-31(29)41-32-28(25)5-2-14-35-32/h1-2,4-11,14,38H,3,12-13,15-24H2. The van der Waals surface area contributed by atoms with Crippen molar-refractivity contribution in [3.05, 3.63) is 88.6 Å². The van der Waals surface area contributed by atoms with Crippen LogP contribution in [0.1, 0.15) is 36.0 Å².